The minimum Gasteiger partial charge on any atom is -0.480 e. The van der Waals surface area contributed by atoms with E-state index in [1.807, 2.05) is 17.5 Å². The van der Waals surface area contributed by atoms with Gasteiger partial charge in [0.1, 0.15) is 12.4 Å². The summed E-state index contributed by atoms with van der Waals surface area (Å²) < 4.78 is 12.9. The number of hydrogen-bond donors (Lipinski definition) is 1. The molecular weight excluding hydrogens is 317 g/mol. The number of aryl methyl sites for hydroxylation is 1. The average Bonchev–Trinajstić information content (AvgIpc) is 3.01. The second-order valence-electron chi connectivity index (χ2n) is 5.20. The van der Waals surface area contributed by atoms with Gasteiger partial charge in [0, 0.05) is 17.8 Å². The molecule has 1 heterocycles. The van der Waals surface area contributed by atoms with Crippen LogP contribution in [0, 0.1) is 5.82 Å². The topological polar surface area (TPSA) is 57.6 Å². The molecule has 0 saturated heterocycles. The molecular formula is C17H18FNO3S. The maximum atomic E-state index is 12.9. The number of carboxylic acid groups (broad SMARTS) is 1. The Balaban J connectivity index is 1.91. The largest absolute Gasteiger partial charge is 0.480 e. The molecule has 0 spiro atoms. The van der Waals surface area contributed by atoms with Gasteiger partial charge in [0.25, 0.3) is 0 Å². The molecule has 122 valence electrons. The number of amides is 1. The van der Waals surface area contributed by atoms with Gasteiger partial charge in [-0.05, 0) is 42.0 Å². The number of aliphatic carboxylic acids is 1. The van der Waals surface area contributed by atoms with E-state index in [-0.39, 0.29) is 24.8 Å². The Kier molecular flexibility index (Phi) is 6.29. The van der Waals surface area contributed by atoms with E-state index in [4.69, 9.17) is 5.11 Å². The van der Waals surface area contributed by atoms with Gasteiger partial charge in [0.15, 0.2) is 0 Å². The second-order valence-corrected chi connectivity index (χ2v) is 6.24. The van der Waals surface area contributed by atoms with Crippen molar-refractivity contribution in [2.45, 2.75) is 25.8 Å². The highest BCUT2D eigenvalue weighted by Crippen LogP contribution is 2.14. The molecule has 1 aromatic carbocycles. The maximum Gasteiger partial charge on any atom is 0.323 e. The van der Waals surface area contributed by atoms with Gasteiger partial charge in [-0.25, -0.2) is 4.39 Å². The summed E-state index contributed by atoms with van der Waals surface area (Å²) in [5, 5.41) is 11.0. The number of benzene rings is 1. The predicted molar refractivity (Wildman–Crippen MR) is 86.7 cm³/mol. The number of thiophene rings is 1. The van der Waals surface area contributed by atoms with Crippen molar-refractivity contribution < 1.29 is 19.1 Å². The first-order valence-corrected chi connectivity index (χ1v) is 8.19. The third-order valence-electron chi connectivity index (χ3n) is 3.36. The van der Waals surface area contributed by atoms with E-state index in [0.717, 1.165) is 6.42 Å². The van der Waals surface area contributed by atoms with E-state index in [1.54, 1.807) is 23.5 Å². The third kappa shape index (κ3) is 5.83. The van der Waals surface area contributed by atoms with E-state index >= 15 is 0 Å². The van der Waals surface area contributed by atoms with Crippen molar-refractivity contribution in [3.05, 3.63) is 58.0 Å². The number of halogens is 1. The van der Waals surface area contributed by atoms with Crippen LogP contribution >= 0.6 is 11.3 Å². The van der Waals surface area contributed by atoms with Crippen LogP contribution in [-0.2, 0) is 22.6 Å². The van der Waals surface area contributed by atoms with Crippen molar-refractivity contribution >= 4 is 23.2 Å². The van der Waals surface area contributed by atoms with Gasteiger partial charge < -0.3 is 10.0 Å². The SMILES string of the molecule is O=C(O)CN(Cc1ccc(F)cc1)C(=O)CCCc1cccs1. The van der Waals surface area contributed by atoms with Crippen molar-refractivity contribution in [1.29, 1.82) is 0 Å². The number of carbonyl (C=O) groups excluding carboxylic acids is 1. The highest BCUT2D eigenvalue weighted by molar-refractivity contribution is 7.09. The molecule has 0 aliphatic rings. The predicted octanol–water partition coefficient (Wildman–Crippen LogP) is 3.32. The summed E-state index contributed by atoms with van der Waals surface area (Å²) >= 11 is 1.64. The lowest BCUT2D eigenvalue weighted by Gasteiger charge is -2.21. The summed E-state index contributed by atoms with van der Waals surface area (Å²) in [6.07, 6.45) is 1.78. The zero-order valence-electron chi connectivity index (χ0n) is 12.6. The highest BCUT2D eigenvalue weighted by atomic mass is 32.1. The Morgan fingerprint density at radius 2 is 1.91 bits per heavy atom. The van der Waals surface area contributed by atoms with Crippen molar-refractivity contribution in [3.8, 4) is 0 Å². The molecule has 0 atom stereocenters. The minimum atomic E-state index is -1.06. The summed E-state index contributed by atoms with van der Waals surface area (Å²) in [6, 6.07) is 9.70. The highest BCUT2D eigenvalue weighted by Gasteiger charge is 2.17. The molecule has 0 aliphatic carbocycles. The normalized spacial score (nSPS) is 10.5. The summed E-state index contributed by atoms with van der Waals surface area (Å²) in [5.41, 5.74) is 0.708. The number of rotatable bonds is 8. The molecule has 0 bridgehead atoms. The van der Waals surface area contributed by atoms with Crippen molar-refractivity contribution in [2.75, 3.05) is 6.54 Å². The molecule has 23 heavy (non-hydrogen) atoms. The van der Waals surface area contributed by atoms with Crippen LogP contribution in [0.25, 0.3) is 0 Å². The molecule has 0 saturated carbocycles. The van der Waals surface area contributed by atoms with Gasteiger partial charge in [0.05, 0.1) is 0 Å². The molecule has 2 rings (SSSR count). The molecule has 0 radical (unpaired) electrons. The van der Waals surface area contributed by atoms with Crippen LogP contribution in [-0.4, -0.2) is 28.4 Å². The van der Waals surface area contributed by atoms with Crippen LogP contribution in [0.1, 0.15) is 23.3 Å². The summed E-state index contributed by atoms with van der Waals surface area (Å²) in [7, 11) is 0. The van der Waals surface area contributed by atoms with Gasteiger partial charge in [-0.3, -0.25) is 9.59 Å². The van der Waals surface area contributed by atoms with E-state index in [9.17, 15) is 14.0 Å². The number of hydrogen-bond acceptors (Lipinski definition) is 3. The Hall–Kier alpha value is -2.21. The first kappa shape index (κ1) is 17.1. The lowest BCUT2D eigenvalue weighted by Crippen LogP contribution is -2.35. The fourth-order valence-electron chi connectivity index (χ4n) is 2.23. The van der Waals surface area contributed by atoms with Gasteiger partial charge in [-0.2, -0.15) is 0 Å². The van der Waals surface area contributed by atoms with Crippen LogP contribution < -0.4 is 0 Å². The van der Waals surface area contributed by atoms with Gasteiger partial charge in [0.2, 0.25) is 5.91 Å². The number of nitrogens with zero attached hydrogens (tertiary/aromatic N) is 1. The van der Waals surface area contributed by atoms with E-state index in [0.29, 0.717) is 18.4 Å². The molecule has 0 fully saturated rings. The standard InChI is InChI=1S/C17H18FNO3S/c18-14-8-6-13(7-9-14)11-19(12-17(21)22)16(20)5-1-3-15-4-2-10-23-15/h2,4,6-10H,1,3,5,11-12H2,(H,21,22). The summed E-state index contributed by atoms with van der Waals surface area (Å²) in [6.45, 7) is -0.181. The summed E-state index contributed by atoms with van der Waals surface area (Å²) in [4.78, 5) is 25.7. The van der Waals surface area contributed by atoms with Crippen molar-refractivity contribution in [2.24, 2.45) is 0 Å². The van der Waals surface area contributed by atoms with E-state index < -0.39 is 5.97 Å². The maximum absolute atomic E-state index is 12.9. The van der Waals surface area contributed by atoms with Crippen LogP contribution in [0.15, 0.2) is 41.8 Å². The van der Waals surface area contributed by atoms with Gasteiger partial charge >= 0.3 is 5.97 Å². The lowest BCUT2D eigenvalue weighted by molar-refractivity contribution is -0.144. The van der Waals surface area contributed by atoms with Crippen LogP contribution in [0.4, 0.5) is 4.39 Å². The van der Waals surface area contributed by atoms with Crippen molar-refractivity contribution in [3.63, 3.8) is 0 Å². The van der Waals surface area contributed by atoms with Crippen LogP contribution in [0.5, 0.6) is 0 Å². The third-order valence-corrected chi connectivity index (χ3v) is 4.30. The Morgan fingerprint density at radius 3 is 2.52 bits per heavy atom. The van der Waals surface area contributed by atoms with Gasteiger partial charge in [-0.1, -0.05) is 18.2 Å². The zero-order chi connectivity index (χ0) is 16.7. The average molecular weight is 335 g/mol. The molecule has 1 N–H and O–H groups in total. The van der Waals surface area contributed by atoms with Gasteiger partial charge in [-0.15, -0.1) is 11.3 Å². The van der Waals surface area contributed by atoms with Crippen LogP contribution in [0.2, 0.25) is 0 Å². The lowest BCUT2D eigenvalue weighted by atomic mass is 10.1. The zero-order valence-corrected chi connectivity index (χ0v) is 13.4. The molecule has 1 amide bonds. The summed E-state index contributed by atoms with van der Waals surface area (Å²) in [5.74, 6) is -1.62. The fraction of sp³-hybridized carbons (Fsp3) is 0.294. The van der Waals surface area contributed by atoms with E-state index in [2.05, 4.69) is 0 Å². The van der Waals surface area contributed by atoms with E-state index in [1.165, 1.54) is 21.9 Å². The second kappa shape index (κ2) is 8.43. The Morgan fingerprint density at radius 1 is 1.17 bits per heavy atom. The molecule has 1 aromatic heterocycles. The molecule has 0 aliphatic heterocycles. The molecule has 4 nitrogen and oxygen atoms in total. The minimum absolute atomic E-state index is 0.171. The van der Waals surface area contributed by atoms with Crippen LogP contribution in [0.3, 0.4) is 0 Å². The fourth-order valence-corrected chi connectivity index (χ4v) is 2.98. The quantitative estimate of drug-likeness (QED) is 0.805. The smallest absolute Gasteiger partial charge is 0.323 e. The molecule has 0 unspecified atom stereocenters. The Labute approximate surface area is 138 Å². The number of carbonyl (C=O) groups is 2. The number of carboxylic acids is 1. The first-order valence-electron chi connectivity index (χ1n) is 7.31. The Bertz CT molecular complexity index is 640. The molecule has 2 aromatic rings. The monoisotopic (exact) mass is 335 g/mol. The van der Waals surface area contributed by atoms with Crippen molar-refractivity contribution in [1.82, 2.24) is 4.90 Å². The first-order chi connectivity index (χ1) is 11.0. The molecule has 6 heteroatoms.